The quantitative estimate of drug-likeness (QED) is 0.669. The number of hydrogen-bond acceptors (Lipinski definition) is 3. The van der Waals surface area contributed by atoms with Crippen LogP contribution in [-0.2, 0) is 0 Å². The van der Waals surface area contributed by atoms with Gasteiger partial charge in [0.1, 0.15) is 0 Å². The Kier molecular flexibility index (Phi) is 6.22. The highest BCUT2D eigenvalue weighted by molar-refractivity contribution is 4.78. The molecule has 1 aliphatic rings. The van der Waals surface area contributed by atoms with Crippen LogP contribution < -0.4 is 5.73 Å². The van der Waals surface area contributed by atoms with Crippen molar-refractivity contribution in [3.8, 4) is 0 Å². The Bertz CT molecular complexity index is 158. The summed E-state index contributed by atoms with van der Waals surface area (Å²) in [6.07, 6.45) is 6.49. The first kappa shape index (κ1) is 12.9. The first-order chi connectivity index (χ1) is 7.27. The molecular weight excluding hydrogens is 188 g/mol. The zero-order chi connectivity index (χ0) is 11.1. The predicted molar refractivity (Wildman–Crippen MR) is 63.8 cm³/mol. The van der Waals surface area contributed by atoms with Crippen LogP contribution in [0.3, 0.4) is 0 Å². The summed E-state index contributed by atoms with van der Waals surface area (Å²) in [5, 5.41) is 9.10. The molecule has 15 heavy (non-hydrogen) atoms. The Hall–Kier alpha value is -0.120. The van der Waals surface area contributed by atoms with E-state index in [-0.39, 0.29) is 0 Å². The smallest absolute Gasteiger partial charge is 0.0468 e. The molecule has 3 N–H and O–H groups in total. The van der Waals surface area contributed by atoms with Crippen LogP contribution in [0.2, 0.25) is 0 Å². The Balaban J connectivity index is 2.36. The van der Waals surface area contributed by atoms with E-state index >= 15 is 0 Å². The van der Waals surface area contributed by atoms with Gasteiger partial charge in [0.15, 0.2) is 0 Å². The van der Waals surface area contributed by atoms with E-state index in [0.29, 0.717) is 12.5 Å². The van der Waals surface area contributed by atoms with Gasteiger partial charge in [-0.3, -0.25) is 4.90 Å². The molecular formula is C12H26N2O. The summed E-state index contributed by atoms with van der Waals surface area (Å²) in [6.45, 7) is 5.32. The first-order valence-corrected chi connectivity index (χ1v) is 6.33. The van der Waals surface area contributed by atoms with Crippen molar-refractivity contribution in [3.63, 3.8) is 0 Å². The minimum absolute atomic E-state index is 0.297. The second-order valence-electron chi connectivity index (χ2n) is 4.86. The lowest BCUT2D eigenvalue weighted by Crippen LogP contribution is -2.38. The standard InChI is InChI=1S/C12H26N2O/c1-11(10-15)9-14(8-4-7-13)12-5-2-3-6-12/h11-12,15H,2-10,13H2,1H3. The monoisotopic (exact) mass is 214 g/mol. The zero-order valence-corrected chi connectivity index (χ0v) is 9.99. The van der Waals surface area contributed by atoms with Crippen molar-refractivity contribution in [1.82, 2.24) is 4.90 Å². The lowest BCUT2D eigenvalue weighted by Gasteiger charge is -2.30. The lowest BCUT2D eigenvalue weighted by atomic mass is 10.1. The highest BCUT2D eigenvalue weighted by Gasteiger charge is 2.22. The molecule has 0 spiro atoms. The molecule has 0 aliphatic heterocycles. The molecule has 0 aromatic rings. The average Bonchev–Trinajstić information content (AvgIpc) is 2.77. The first-order valence-electron chi connectivity index (χ1n) is 6.33. The van der Waals surface area contributed by atoms with Gasteiger partial charge in [-0.2, -0.15) is 0 Å². The maximum atomic E-state index is 9.10. The summed E-state index contributed by atoms with van der Waals surface area (Å²) in [4.78, 5) is 2.54. The molecule has 0 radical (unpaired) electrons. The van der Waals surface area contributed by atoms with Gasteiger partial charge in [0.05, 0.1) is 0 Å². The van der Waals surface area contributed by atoms with Gasteiger partial charge in [0.2, 0.25) is 0 Å². The fourth-order valence-electron chi connectivity index (χ4n) is 2.44. The third-order valence-corrected chi connectivity index (χ3v) is 3.35. The van der Waals surface area contributed by atoms with Crippen molar-refractivity contribution in [3.05, 3.63) is 0 Å². The number of rotatable bonds is 7. The Morgan fingerprint density at radius 2 is 2.07 bits per heavy atom. The number of nitrogens with two attached hydrogens (primary N) is 1. The van der Waals surface area contributed by atoms with E-state index in [1.807, 2.05) is 0 Å². The van der Waals surface area contributed by atoms with Gasteiger partial charge in [-0.25, -0.2) is 0 Å². The molecule has 1 unspecified atom stereocenters. The van der Waals surface area contributed by atoms with E-state index in [9.17, 15) is 0 Å². The summed E-state index contributed by atoms with van der Waals surface area (Å²) in [7, 11) is 0. The molecule has 3 nitrogen and oxygen atoms in total. The van der Waals surface area contributed by atoms with Gasteiger partial charge >= 0.3 is 0 Å². The summed E-state index contributed by atoms with van der Waals surface area (Å²) in [6, 6.07) is 0.755. The van der Waals surface area contributed by atoms with Crippen LogP contribution in [0.15, 0.2) is 0 Å². The Morgan fingerprint density at radius 3 is 2.60 bits per heavy atom. The summed E-state index contributed by atoms with van der Waals surface area (Å²) >= 11 is 0. The molecule has 1 atom stereocenters. The van der Waals surface area contributed by atoms with Crippen molar-refractivity contribution in [1.29, 1.82) is 0 Å². The van der Waals surface area contributed by atoms with Crippen LogP contribution in [-0.4, -0.2) is 42.3 Å². The molecule has 0 aromatic carbocycles. The second-order valence-corrected chi connectivity index (χ2v) is 4.86. The number of aliphatic hydroxyl groups excluding tert-OH is 1. The minimum Gasteiger partial charge on any atom is -0.396 e. The lowest BCUT2D eigenvalue weighted by molar-refractivity contribution is 0.136. The third-order valence-electron chi connectivity index (χ3n) is 3.35. The molecule has 1 aliphatic carbocycles. The molecule has 1 rings (SSSR count). The maximum Gasteiger partial charge on any atom is 0.0468 e. The van der Waals surface area contributed by atoms with Crippen LogP contribution in [0.4, 0.5) is 0 Å². The summed E-state index contributed by atoms with van der Waals surface area (Å²) < 4.78 is 0. The van der Waals surface area contributed by atoms with Gasteiger partial charge < -0.3 is 10.8 Å². The van der Waals surface area contributed by atoms with Crippen molar-refractivity contribution >= 4 is 0 Å². The van der Waals surface area contributed by atoms with Crippen molar-refractivity contribution in [2.45, 2.75) is 45.1 Å². The van der Waals surface area contributed by atoms with Gasteiger partial charge in [0, 0.05) is 19.2 Å². The average molecular weight is 214 g/mol. The van der Waals surface area contributed by atoms with Gasteiger partial charge in [-0.05, 0) is 38.3 Å². The van der Waals surface area contributed by atoms with E-state index in [2.05, 4.69) is 11.8 Å². The van der Waals surface area contributed by atoms with E-state index in [1.54, 1.807) is 0 Å². The van der Waals surface area contributed by atoms with Crippen molar-refractivity contribution < 1.29 is 5.11 Å². The van der Waals surface area contributed by atoms with Crippen LogP contribution in [0.25, 0.3) is 0 Å². The molecule has 1 fully saturated rings. The minimum atomic E-state index is 0.297. The Labute approximate surface area is 93.6 Å². The molecule has 0 amide bonds. The van der Waals surface area contributed by atoms with E-state index in [1.165, 1.54) is 25.7 Å². The van der Waals surface area contributed by atoms with Gasteiger partial charge in [-0.15, -0.1) is 0 Å². The molecule has 0 aromatic heterocycles. The Morgan fingerprint density at radius 1 is 1.40 bits per heavy atom. The van der Waals surface area contributed by atoms with Crippen molar-refractivity contribution in [2.75, 3.05) is 26.2 Å². The molecule has 0 heterocycles. The maximum absolute atomic E-state index is 9.10. The SMILES string of the molecule is CC(CO)CN(CCCN)C1CCCC1. The van der Waals surface area contributed by atoms with Crippen LogP contribution >= 0.6 is 0 Å². The third kappa shape index (κ3) is 4.49. The predicted octanol–water partition coefficient (Wildman–Crippen LogP) is 1.21. The van der Waals surface area contributed by atoms with Gasteiger partial charge in [0.25, 0.3) is 0 Å². The zero-order valence-electron chi connectivity index (χ0n) is 9.99. The summed E-state index contributed by atoms with van der Waals surface area (Å²) in [5.74, 6) is 0.392. The topological polar surface area (TPSA) is 49.5 Å². The number of nitrogens with zero attached hydrogens (tertiary/aromatic N) is 1. The molecule has 0 saturated heterocycles. The van der Waals surface area contributed by atoms with Crippen molar-refractivity contribution in [2.24, 2.45) is 11.7 Å². The summed E-state index contributed by atoms with van der Waals surface area (Å²) in [5.41, 5.74) is 5.56. The fourth-order valence-corrected chi connectivity index (χ4v) is 2.44. The largest absolute Gasteiger partial charge is 0.396 e. The van der Waals surface area contributed by atoms with E-state index in [4.69, 9.17) is 10.8 Å². The van der Waals surface area contributed by atoms with E-state index in [0.717, 1.165) is 32.1 Å². The number of hydrogen-bond donors (Lipinski definition) is 2. The van der Waals surface area contributed by atoms with E-state index < -0.39 is 0 Å². The van der Waals surface area contributed by atoms with Crippen LogP contribution in [0.1, 0.15) is 39.0 Å². The van der Waals surface area contributed by atoms with Crippen LogP contribution in [0.5, 0.6) is 0 Å². The fraction of sp³-hybridized carbons (Fsp3) is 1.00. The molecule has 3 heteroatoms. The molecule has 90 valence electrons. The molecule has 0 bridgehead atoms. The second kappa shape index (κ2) is 7.20. The highest BCUT2D eigenvalue weighted by atomic mass is 16.3. The molecule has 1 saturated carbocycles. The highest BCUT2D eigenvalue weighted by Crippen LogP contribution is 2.24. The normalized spacial score (nSPS) is 20.0. The van der Waals surface area contributed by atoms with Crippen LogP contribution in [0, 0.1) is 5.92 Å². The number of aliphatic hydroxyl groups is 1. The van der Waals surface area contributed by atoms with Gasteiger partial charge in [-0.1, -0.05) is 19.8 Å².